The Morgan fingerprint density at radius 1 is 1.30 bits per heavy atom. The molecule has 0 radical (unpaired) electrons. The Kier molecular flexibility index (Phi) is 7.69. The van der Waals surface area contributed by atoms with Crippen LogP contribution in [-0.4, -0.2) is 39.3 Å². The molecule has 1 aromatic rings. The molecule has 0 saturated heterocycles. The third-order valence-corrected chi connectivity index (χ3v) is 2.71. The molecule has 0 fully saturated rings. The molecule has 0 spiro atoms. The maximum absolute atomic E-state index is 11.7. The molecule has 5 heteroatoms. The Morgan fingerprint density at radius 3 is 2.75 bits per heavy atom. The van der Waals surface area contributed by atoms with Gasteiger partial charge in [-0.2, -0.15) is 0 Å². The summed E-state index contributed by atoms with van der Waals surface area (Å²) in [5.74, 6) is 0.770. The number of ether oxygens (including phenoxy) is 2. The molecule has 0 aliphatic heterocycles. The lowest BCUT2D eigenvalue weighted by Crippen LogP contribution is -2.30. The van der Waals surface area contributed by atoms with Gasteiger partial charge in [-0.3, -0.25) is 4.79 Å². The van der Waals surface area contributed by atoms with Crippen LogP contribution in [0.3, 0.4) is 0 Å². The highest BCUT2D eigenvalue weighted by molar-refractivity contribution is 5.93. The van der Waals surface area contributed by atoms with Crippen LogP contribution in [-0.2, 0) is 9.53 Å². The molecule has 0 aromatic heterocycles. The van der Waals surface area contributed by atoms with Gasteiger partial charge in [0, 0.05) is 19.3 Å². The van der Waals surface area contributed by atoms with Crippen molar-refractivity contribution in [3.05, 3.63) is 23.8 Å². The largest absolute Gasteiger partial charge is 0.494 e. The van der Waals surface area contributed by atoms with Crippen molar-refractivity contribution in [2.24, 2.45) is 0 Å². The SMILES string of the molecule is CCCOc1ccc(NC(=O)CNCCOC)c(C)c1. The molecule has 2 N–H and O–H groups in total. The van der Waals surface area contributed by atoms with Crippen LogP contribution >= 0.6 is 0 Å². The average Bonchev–Trinajstić information content (AvgIpc) is 2.44. The first-order valence-electron chi connectivity index (χ1n) is 6.90. The smallest absolute Gasteiger partial charge is 0.238 e. The Labute approximate surface area is 120 Å². The van der Waals surface area contributed by atoms with Gasteiger partial charge in [0.1, 0.15) is 5.75 Å². The van der Waals surface area contributed by atoms with E-state index in [1.54, 1.807) is 7.11 Å². The number of hydrogen-bond donors (Lipinski definition) is 2. The summed E-state index contributed by atoms with van der Waals surface area (Å²) in [4.78, 5) is 11.7. The summed E-state index contributed by atoms with van der Waals surface area (Å²) >= 11 is 0. The molecule has 20 heavy (non-hydrogen) atoms. The number of nitrogens with one attached hydrogen (secondary N) is 2. The minimum absolute atomic E-state index is 0.0635. The highest BCUT2D eigenvalue weighted by Gasteiger charge is 2.05. The van der Waals surface area contributed by atoms with Crippen LogP contribution in [0.1, 0.15) is 18.9 Å². The maximum Gasteiger partial charge on any atom is 0.238 e. The fourth-order valence-corrected chi connectivity index (χ4v) is 1.66. The van der Waals surface area contributed by atoms with E-state index < -0.39 is 0 Å². The predicted molar refractivity (Wildman–Crippen MR) is 80.3 cm³/mol. The van der Waals surface area contributed by atoms with E-state index in [1.807, 2.05) is 25.1 Å². The number of benzene rings is 1. The zero-order chi connectivity index (χ0) is 14.8. The molecular formula is C15H24N2O3. The predicted octanol–water partition coefficient (Wildman–Crippen LogP) is 1.96. The van der Waals surface area contributed by atoms with Crippen LogP contribution in [0.2, 0.25) is 0 Å². The molecule has 1 rings (SSSR count). The lowest BCUT2D eigenvalue weighted by Gasteiger charge is -2.11. The van der Waals surface area contributed by atoms with Crippen LogP contribution in [0.5, 0.6) is 5.75 Å². The van der Waals surface area contributed by atoms with Gasteiger partial charge in [0.2, 0.25) is 5.91 Å². The minimum atomic E-state index is -0.0635. The summed E-state index contributed by atoms with van der Waals surface area (Å²) in [5, 5.41) is 5.88. The van der Waals surface area contributed by atoms with Crippen LogP contribution in [0, 0.1) is 6.92 Å². The Bertz CT molecular complexity index is 422. The zero-order valence-corrected chi connectivity index (χ0v) is 12.5. The second-order valence-electron chi connectivity index (χ2n) is 4.54. The average molecular weight is 280 g/mol. The molecule has 5 nitrogen and oxygen atoms in total. The van der Waals surface area contributed by atoms with Crippen molar-refractivity contribution < 1.29 is 14.3 Å². The Balaban J connectivity index is 2.44. The van der Waals surface area contributed by atoms with Gasteiger partial charge in [-0.25, -0.2) is 0 Å². The number of carbonyl (C=O) groups excluding carboxylic acids is 1. The summed E-state index contributed by atoms with van der Waals surface area (Å²) in [5.41, 5.74) is 1.80. The van der Waals surface area contributed by atoms with Crippen molar-refractivity contribution in [1.29, 1.82) is 0 Å². The molecule has 0 saturated carbocycles. The number of methoxy groups -OCH3 is 1. The van der Waals surface area contributed by atoms with Crippen molar-refractivity contribution in [3.8, 4) is 5.75 Å². The van der Waals surface area contributed by atoms with E-state index in [2.05, 4.69) is 17.6 Å². The standard InChI is InChI=1S/C15H24N2O3/c1-4-8-20-13-5-6-14(12(2)10-13)17-15(18)11-16-7-9-19-3/h5-6,10,16H,4,7-9,11H2,1-3H3,(H,17,18). The number of aryl methyl sites for hydroxylation is 1. The van der Waals surface area contributed by atoms with Gasteiger partial charge in [0.05, 0.1) is 19.8 Å². The van der Waals surface area contributed by atoms with Gasteiger partial charge in [-0.15, -0.1) is 0 Å². The van der Waals surface area contributed by atoms with Crippen molar-refractivity contribution in [3.63, 3.8) is 0 Å². The second-order valence-corrected chi connectivity index (χ2v) is 4.54. The summed E-state index contributed by atoms with van der Waals surface area (Å²) in [6.07, 6.45) is 0.977. The van der Waals surface area contributed by atoms with Gasteiger partial charge < -0.3 is 20.1 Å². The van der Waals surface area contributed by atoms with Crippen molar-refractivity contribution in [1.82, 2.24) is 5.32 Å². The van der Waals surface area contributed by atoms with E-state index >= 15 is 0 Å². The summed E-state index contributed by atoms with van der Waals surface area (Å²) in [6.45, 7) is 6.25. The monoisotopic (exact) mass is 280 g/mol. The van der Waals surface area contributed by atoms with Gasteiger partial charge in [-0.05, 0) is 37.1 Å². The van der Waals surface area contributed by atoms with E-state index in [4.69, 9.17) is 9.47 Å². The maximum atomic E-state index is 11.7. The van der Waals surface area contributed by atoms with Crippen LogP contribution in [0.4, 0.5) is 5.69 Å². The van der Waals surface area contributed by atoms with Crippen LogP contribution < -0.4 is 15.4 Å². The minimum Gasteiger partial charge on any atom is -0.494 e. The summed E-state index contributed by atoms with van der Waals surface area (Å²) in [7, 11) is 1.63. The van der Waals surface area contributed by atoms with Gasteiger partial charge in [0.15, 0.2) is 0 Å². The van der Waals surface area contributed by atoms with Gasteiger partial charge >= 0.3 is 0 Å². The molecule has 0 heterocycles. The fourth-order valence-electron chi connectivity index (χ4n) is 1.66. The van der Waals surface area contributed by atoms with E-state index in [1.165, 1.54) is 0 Å². The number of carbonyl (C=O) groups is 1. The highest BCUT2D eigenvalue weighted by atomic mass is 16.5. The summed E-state index contributed by atoms with van der Waals surface area (Å²) < 4.78 is 10.4. The molecule has 0 unspecified atom stereocenters. The number of rotatable bonds is 9. The van der Waals surface area contributed by atoms with Gasteiger partial charge in [-0.1, -0.05) is 6.92 Å². The van der Waals surface area contributed by atoms with E-state index in [-0.39, 0.29) is 12.5 Å². The van der Waals surface area contributed by atoms with E-state index in [0.717, 1.165) is 23.4 Å². The topological polar surface area (TPSA) is 59.6 Å². The molecule has 0 aliphatic carbocycles. The lowest BCUT2D eigenvalue weighted by atomic mass is 10.2. The Hall–Kier alpha value is -1.59. The molecule has 0 bridgehead atoms. The molecular weight excluding hydrogens is 256 g/mol. The quantitative estimate of drug-likeness (QED) is 0.679. The Morgan fingerprint density at radius 2 is 2.10 bits per heavy atom. The molecule has 1 aromatic carbocycles. The first kappa shape index (κ1) is 16.5. The third-order valence-electron chi connectivity index (χ3n) is 2.71. The van der Waals surface area contributed by atoms with Gasteiger partial charge in [0.25, 0.3) is 0 Å². The number of hydrogen-bond acceptors (Lipinski definition) is 4. The van der Waals surface area contributed by atoms with Crippen LogP contribution in [0.25, 0.3) is 0 Å². The lowest BCUT2D eigenvalue weighted by molar-refractivity contribution is -0.115. The first-order chi connectivity index (χ1) is 9.67. The molecule has 112 valence electrons. The van der Waals surface area contributed by atoms with Crippen molar-refractivity contribution in [2.75, 3.05) is 38.7 Å². The first-order valence-corrected chi connectivity index (χ1v) is 6.90. The third kappa shape index (κ3) is 6.04. The molecule has 0 aliphatic rings. The zero-order valence-electron chi connectivity index (χ0n) is 12.5. The second kappa shape index (κ2) is 9.34. The molecule has 1 amide bonds. The highest BCUT2D eigenvalue weighted by Crippen LogP contribution is 2.21. The normalized spacial score (nSPS) is 10.3. The van der Waals surface area contributed by atoms with Crippen LogP contribution in [0.15, 0.2) is 18.2 Å². The van der Waals surface area contributed by atoms with E-state index in [9.17, 15) is 4.79 Å². The summed E-state index contributed by atoms with van der Waals surface area (Å²) in [6, 6.07) is 5.67. The van der Waals surface area contributed by atoms with Crippen molar-refractivity contribution >= 4 is 11.6 Å². The molecule has 0 atom stereocenters. The fraction of sp³-hybridized carbons (Fsp3) is 0.533. The van der Waals surface area contributed by atoms with Crippen molar-refractivity contribution in [2.45, 2.75) is 20.3 Å². The number of amides is 1. The van der Waals surface area contributed by atoms with E-state index in [0.29, 0.717) is 19.8 Å². The number of anilines is 1.